The molecule has 25 heavy (non-hydrogen) atoms. The molecule has 0 bridgehead atoms. The average molecular weight is 343 g/mol. The Morgan fingerprint density at radius 3 is 2.84 bits per heavy atom. The molecule has 1 fully saturated rings. The lowest BCUT2D eigenvalue weighted by Gasteiger charge is -2.34. The summed E-state index contributed by atoms with van der Waals surface area (Å²) in [6.45, 7) is 2.59. The van der Waals surface area contributed by atoms with Crippen molar-refractivity contribution >= 4 is 11.6 Å². The molecule has 0 spiro atoms. The standard InChI is InChI=1S/C19H22FN3O2/c1-13(15-10-9-14(20)12-21-15)22-16-6-5-11-23(19(16)24)17-7-3-4-8-18(17)25-2/h3-4,7-10,12-13,16,22H,5-6,11H2,1-2H3/t13-,16-/m0/s1. The van der Waals surface area contributed by atoms with Crippen molar-refractivity contribution in [1.29, 1.82) is 0 Å². The summed E-state index contributed by atoms with van der Waals surface area (Å²) in [6.07, 6.45) is 2.85. The molecule has 2 heterocycles. The van der Waals surface area contributed by atoms with Gasteiger partial charge in [-0.25, -0.2) is 4.39 Å². The highest BCUT2D eigenvalue weighted by Crippen LogP contribution is 2.31. The fourth-order valence-corrected chi connectivity index (χ4v) is 3.15. The molecule has 0 radical (unpaired) electrons. The predicted molar refractivity (Wildman–Crippen MR) is 94.1 cm³/mol. The van der Waals surface area contributed by atoms with Crippen LogP contribution < -0.4 is 15.0 Å². The molecule has 2 aromatic rings. The number of nitrogens with zero attached hydrogens (tertiary/aromatic N) is 2. The number of benzene rings is 1. The fourth-order valence-electron chi connectivity index (χ4n) is 3.15. The molecule has 3 rings (SSSR count). The lowest BCUT2D eigenvalue weighted by atomic mass is 10.0. The number of amides is 1. The molecule has 0 unspecified atom stereocenters. The molecule has 1 aliphatic heterocycles. The lowest BCUT2D eigenvalue weighted by Crippen LogP contribution is -2.51. The molecule has 132 valence electrons. The summed E-state index contributed by atoms with van der Waals surface area (Å²) in [5.74, 6) is 0.335. The number of piperidine rings is 1. The Hall–Kier alpha value is -2.47. The molecule has 0 aliphatic carbocycles. The number of para-hydroxylation sites is 2. The molecule has 6 heteroatoms. The van der Waals surface area contributed by atoms with Crippen LogP contribution in [0.2, 0.25) is 0 Å². The molecule has 1 N–H and O–H groups in total. The summed E-state index contributed by atoms with van der Waals surface area (Å²) in [4.78, 5) is 18.8. The Bertz CT molecular complexity index is 736. The van der Waals surface area contributed by atoms with E-state index in [9.17, 15) is 9.18 Å². The van der Waals surface area contributed by atoms with Crippen molar-refractivity contribution in [3.63, 3.8) is 0 Å². The fraction of sp³-hybridized carbons (Fsp3) is 0.368. The van der Waals surface area contributed by atoms with Gasteiger partial charge in [-0.2, -0.15) is 0 Å². The maximum atomic E-state index is 13.0. The first kappa shape index (κ1) is 17.4. The molecule has 0 saturated carbocycles. The number of pyridine rings is 1. The van der Waals surface area contributed by atoms with E-state index in [1.165, 1.54) is 12.3 Å². The highest BCUT2D eigenvalue weighted by atomic mass is 19.1. The van der Waals surface area contributed by atoms with Gasteiger partial charge in [-0.15, -0.1) is 0 Å². The topological polar surface area (TPSA) is 54.5 Å². The first-order chi connectivity index (χ1) is 12.1. The second-order valence-corrected chi connectivity index (χ2v) is 6.15. The van der Waals surface area contributed by atoms with Crippen LogP contribution in [0.15, 0.2) is 42.6 Å². The SMILES string of the molecule is COc1ccccc1N1CCC[C@H](N[C@@H](C)c2ccc(F)cn2)C1=O. The van der Waals surface area contributed by atoms with Gasteiger partial charge in [-0.05, 0) is 44.0 Å². The number of anilines is 1. The summed E-state index contributed by atoms with van der Waals surface area (Å²) < 4.78 is 18.4. The second kappa shape index (κ2) is 7.61. The highest BCUT2D eigenvalue weighted by Gasteiger charge is 2.32. The second-order valence-electron chi connectivity index (χ2n) is 6.15. The van der Waals surface area contributed by atoms with Gasteiger partial charge >= 0.3 is 0 Å². The van der Waals surface area contributed by atoms with Crippen molar-refractivity contribution in [3.05, 3.63) is 54.1 Å². The number of halogens is 1. The van der Waals surface area contributed by atoms with E-state index in [-0.39, 0.29) is 23.8 Å². The van der Waals surface area contributed by atoms with Crippen molar-refractivity contribution in [3.8, 4) is 5.75 Å². The zero-order chi connectivity index (χ0) is 17.8. The van der Waals surface area contributed by atoms with Gasteiger partial charge in [-0.3, -0.25) is 15.1 Å². The highest BCUT2D eigenvalue weighted by molar-refractivity contribution is 5.99. The number of hydrogen-bond donors (Lipinski definition) is 1. The van der Waals surface area contributed by atoms with Gasteiger partial charge in [-0.1, -0.05) is 12.1 Å². The quantitative estimate of drug-likeness (QED) is 0.906. The van der Waals surface area contributed by atoms with Crippen LogP contribution in [0.1, 0.15) is 31.5 Å². The average Bonchev–Trinajstić information content (AvgIpc) is 2.64. The number of hydrogen-bond acceptors (Lipinski definition) is 4. The van der Waals surface area contributed by atoms with E-state index < -0.39 is 0 Å². The predicted octanol–water partition coefficient (Wildman–Crippen LogP) is 3.08. The lowest BCUT2D eigenvalue weighted by molar-refractivity contribution is -0.122. The Morgan fingerprint density at radius 2 is 2.12 bits per heavy atom. The summed E-state index contributed by atoms with van der Waals surface area (Å²) >= 11 is 0. The van der Waals surface area contributed by atoms with Gasteiger partial charge in [0.25, 0.3) is 0 Å². The minimum absolute atomic E-state index is 0.0183. The van der Waals surface area contributed by atoms with Crippen LogP contribution in [0, 0.1) is 5.82 Å². The first-order valence-corrected chi connectivity index (χ1v) is 8.42. The molecule has 1 saturated heterocycles. The van der Waals surface area contributed by atoms with Crippen LogP contribution in [0.4, 0.5) is 10.1 Å². The van der Waals surface area contributed by atoms with Crippen molar-refractivity contribution < 1.29 is 13.9 Å². The third-order valence-electron chi connectivity index (χ3n) is 4.46. The Balaban J connectivity index is 1.74. The minimum atomic E-state index is -0.368. The van der Waals surface area contributed by atoms with Gasteiger partial charge in [0.1, 0.15) is 11.6 Å². The number of methoxy groups -OCH3 is 1. The smallest absolute Gasteiger partial charge is 0.244 e. The van der Waals surface area contributed by atoms with Gasteiger partial charge < -0.3 is 9.64 Å². The number of nitrogens with one attached hydrogen (secondary N) is 1. The molecule has 1 aliphatic rings. The summed E-state index contributed by atoms with van der Waals surface area (Å²) in [7, 11) is 1.60. The van der Waals surface area contributed by atoms with E-state index in [0.29, 0.717) is 18.0 Å². The van der Waals surface area contributed by atoms with E-state index in [4.69, 9.17) is 4.74 Å². The first-order valence-electron chi connectivity index (χ1n) is 8.42. The summed E-state index contributed by atoms with van der Waals surface area (Å²) in [5.41, 5.74) is 1.50. The van der Waals surface area contributed by atoms with Gasteiger partial charge in [0.2, 0.25) is 5.91 Å². The van der Waals surface area contributed by atoms with Gasteiger partial charge in [0.05, 0.1) is 30.7 Å². The monoisotopic (exact) mass is 343 g/mol. The number of aromatic nitrogens is 1. The molecule has 2 atom stereocenters. The zero-order valence-electron chi connectivity index (χ0n) is 14.4. The number of carbonyl (C=O) groups excluding carboxylic acids is 1. The molecular weight excluding hydrogens is 321 g/mol. The molecular formula is C19H22FN3O2. The number of ether oxygens (including phenoxy) is 1. The summed E-state index contributed by atoms with van der Waals surface area (Å²) in [5, 5.41) is 3.32. The Labute approximate surface area is 146 Å². The van der Waals surface area contributed by atoms with Crippen LogP contribution in [-0.4, -0.2) is 30.6 Å². The van der Waals surface area contributed by atoms with Crippen LogP contribution in [0.5, 0.6) is 5.75 Å². The van der Waals surface area contributed by atoms with Gasteiger partial charge in [0.15, 0.2) is 0 Å². The van der Waals surface area contributed by atoms with E-state index >= 15 is 0 Å². The normalized spacial score (nSPS) is 18.9. The largest absolute Gasteiger partial charge is 0.495 e. The van der Waals surface area contributed by atoms with Crippen molar-refractivity contribution in [2.75, 3.05) is 18.6 Å². The van der Waals surface area contributed by atoms with E-state index in [1.54, 1.807) is 18.1 Å². The molecule has 1 aromatic heterocycles. The van der Waals surface area contributed by atoms with Crippen LogP contribution in [0.25, 0.3) is 0 Å². The summed E-state index contributed by atoms with van der Waals surface area (Å²) in [6, 6.07) is 10.1. The maximum Gasteiger partial charge on any atom is 0.244 e. The van der Waals surface area contributed by atoms with Crippen molar-refractivity contribution in [2.45, 2.75) is 31.8 Å². The van der Waals surface area contributed by atoms with Crippen LogP contribution in [-0.2, 0) is 4.79 Å². The third kappa shape index (κ3) is 3.79. The van der Waals surface area contributed by atoms with E-state index in [0.717, 1.165) is 18.5 Å². The minimum Gasteiger partial charge on any atom is -0.495 e. The maximum absolute atomic E-state index is 13.0. The van der Waals surface area contributed by atoms with E-state index in [2.05, 4.69) is 10.3 Å². The van der Waals surface area contributed by atoms with E-state index in [1.807, 2.05) is 31.2 Å². The van der Waals surface area contributed by atoms with Crippen LogP contribution >= 0.6 is 0 Å². The number of carbonyl (C=O) groups is 1. The van der Waals surface area contributed by atoms with Crippen molar-refractivity contribution in [1.82, 2.24) is 10.3 Å². The van der Waals surface area contributed by atoms with Crippen molar-refractivity contribution in [2.24, 2.45) is 0 Å². The van der Waals surface area contributed by atoms with Crippen LogP contribution in [0.3, 0.4) is 0 Å². The third-order valence-corrected chi connectivity index (χ3v) is 4.46. The molecule has 1 aromatic carbocycles. The Kier molecular flexibility index (Phi) is 5.28. The molecule has 1 amide bonds. The zero-order valence-corrected chi connectivity index (χ0v) is 14.4. The molecule has 5 nitrogen and oxygen atoms in total. The Morgan fingerprint density at radius 1 is 1.32 bits per heavy atom. The number of rotatable bonds is 5. The van der Waals surface area contributed by atoms with Gasteiger partial charge in [0, 0.05) is 12.6 Å².